The number of phenols is 1. The molecule has 35 heavy (non-hydrogen) atoms. The Morgan fingerprint density at radius 3 is 2.31 bits per heavy atom. The lowest BCUT2D eigenvalue weighted by molar-refractivity contribution is -0.118. The van der Waals surface area contributed by atoms with Crippen molar-refractivity contribution in [3.05, 3.63) is 82.9 Å². The molecule has 0 unspecified atom stereocenters. The van der Waals surface area contributed by atoms with Gasteiger partial charge in [0, 0.05) is 41.7 Å². The number of aromatic hydroxyl groups is 2. The van der Waals surface area contributed by atoms with E-state index in [0.717, 1.165) is 11.1 Å². The van der Waals surface area contributed by atoms with Crippen molar-refractivity contribution in [3.63, 3.8) is 0 Å². The number of anilines is 1. The van der Waals surface area contributed by atoms with Crippen LogP contribution in [0.4, 0.5) is 11.4 Å². The number of carbonyl (C=O) groups is 1. The van der Waals surface area contributed by atoms with Crippen LogP contribution >= 0.6 is 11.6 Å². The summed E-state index contributed by atoms with van der Waals surface area (Å²) in [5.74, 6) is 0.133. The van der Waals surface area contributed by atoms with Gasteiger partial charge in [-0.25, -0.2) is 4.99 Å². The Bertz CT molecular complexity index is 1380. The fraction of sp³-hybridized carbons (Fsp3) is 0.185. The molecule has 3 aromatic carbocycles. The molecule has 4 rings (SSSR count). The van der Waals surface area contributed by atoms with Gasteiger partial charge in [0.1, 0.15) is 5.75 Å². The van der Waals surface area contributed by atoms with Crippen molar-refractivity contribution in [1.29, 1.82) is 0 Å². The summed E-state index contributed by atoms with van der Waals surface area (Å²) in [6.45, 7) is 0.681. The Hall–Kier alpha value is -3.81. The molecule has 4 aromatic rings. The molecule has 1 aromatic heterocycles. The SMILES string of the molecule is CN(C)CCC(=O)N(C)c1ccc(N=C(c2ccc(O)cc2)c2c(O)[nH]c3cc(Cl)ccc23)cc1. The van der Waals surface area contributed by atoms with Crippen molar-refractivity contribution >= 4 is 45.5 Å². The van der Waals surface area contributed by atoms with Crippen molar-refractivity contribution in [2.24, 2.45) is 4.99 Å². The molecule has 180 valence electrons. The second kappa shape index (κ2) is 10.2. The number of aromatic nitrogens is 1. The standard InChI is InChI=1S/C27H27ClN4O3/c1-31(2)15-14-24(34)32(3)20-9-7-19(8-10-20)29-26(17-4-11-21(33)12-5-17)25-22-13-6-18(28)16-23(22)30-27(25)35/h4-13,16,30,33,35H,14-15H2,1-3H3. The summed E-state index contributed by atoms with van der Waals surface area (Å²) in [7, 11) is 5.63. The lowest BCUT2D eigenvalue weighted by Crippen LogP contribution is -2.29. The molecular formula is C27H27ClN4O3. The van der Waals surface area contributed by atoms with Crippen LogP contribution in [0, 0.1) is 0 Å². The molecule has 0 atom stereocenters. The van der Waals surface area contributed by atoms with Crippen LogP contribution in [-0.2, 0) is 4.79 Å². The lowest BCUT2D eigenvalue weighted by Gasteiger charge is -2.19. The van der Waals surface area contributed by atoms with Gasteiger partial charge in [-0.3, -0.25) is 4.79 Å². The number of aromatic amines is 1. The van der Waals surface area contributed by atoms with Gasteiger partial charge < -0.3 is 25.0 Å². The predicted molar refractivity (Wildman–Crippen MR) is 141 cm³/mol. The first-order valence-corrected chi connectivity index (χ1v) is 11.5. The number of halogens is 1. The molecule has 0 aliphatic heterocycles. The van der Waals surface area contributed by atoms with E-state index in [2.05, 4.69) is 4.98 Å². The van der Waals surface area contributed by atoms with Crippen LogP contribution in [0.3, 0.4) is 0 Å². The number of nitrogens with one attached hydrogen (secondary N) is 1. The van der Waals surface area contributed by atoms with Gasteiger partial charge in [0.05, 0.1) is 22.5 Å². The van der Waals surface area contributed by atoms with Crippen molar-refractivity contribution in [2.45, 2.75) is 6.42 Å². The largest absolute Gasteiger partial charge is 0.508 e. The summed E-state index contributed by atoms with van der Waals surface area (Å²) in [5.41, 5.74) is 3.87. The summed E-state index contributed by atoms with van der Waals surface area (Å²) in [4.78, 5) is 23.9. The number of hydrogen-bond donors (Lipinski definition) is 3. The molecule has 0 saturated heterocycles. The Morgan fingerprint density at radius 2 is 1.66 bits per heavy atom. The van der Waals surface area contributed by atoms with Crippen LogP contribution in [0.15, 0.2) is 71.7 Å². The molecule has 1 heterocycles. The summed E-state index contributed by atoms with van der Waals surface area (Å²) >= 11 is 6.13. The third-order valence-electron chi connectivity index (χ3n) is 5.74. The quantitative estimate of drug-likeness (QED) is 0.306. The van der Waals surface area contributed by atoms with Crippen LogP contribution in [-0.4, -0.2) is 59.4 Å². The maximum absolute atomic E-state index is 12.5. The number of rotatable bonds is 7. The minimum atomic E-state index is -0.0306. The molecule has 8 heteroatoms. The van der Waals surface area contributed by atoms with Gasteiger partial charge >= 0.3 is 0 Å². The van der Waals surface area contributed by atoms with Crippen molar-refractivity contribution in [2.75, 3.05) is 32.6 Å². The molecule has 0 bridgehead atoms. The zero-order valence-corrected chi connectivity index (χ0v) is 20.5. The normalized spacial score (nSPS) is 11.9. The smallest absolute Gasteiger partial charge is 0.228 e. The number of nitrogens with zero attached hydrogens (tertiary/aromatic N) is 3. The molecule has 0 aliphatic rings. The van der Waals surface area contributed by atoms with Gasteiger partial charge in [-0.15, -0.1) is 0 Å². The fourth-order valence-corrected chi connectivity index (χ4v) is 3.96. The van der Waals surface area contributed by atoms with E-state index in [1.807, 2.05) is 49.3 Å². The number of hydrogen-bond acceptors (Lipinski definition) is 5. The molecule has 3 N–H and O–H groups in total. The molecule has 1 amide bonds. The van der Waals surface area contributed by atoms with E-state index >= 15 is 0 Å². The fourth-order valence-electron chi connectivity index (χ4n) is 3.79. The van der Waals surface area contributed by atoms with Crippen LogP contribution in [0.5, 0.6) is 11.6 Å². The first-order chi connectivity index (χ1) is 16.7. The molecule has 0 spiro atoms. The van der Waals surface area contributed by atoms with Gasteiger partial charge in [0.15, 0.2) is 5.88 Å². The number of benzene rings is 3. The zero-order chi connectivity index (χ0) is 25.1. The number of amides is 1. The molecule has 0 aliphatic carbocycles. The minimum absolute atomic E-state index is 0.0297. The third-order valence-corrected chi connectivity index (χ3v) is 5.98. The highest BCUT2D eigenvalue weighted by molar-refractivity contribution is 6.31. The van der Waals surface area contributed by atoms with E-state index in [4.69, 9.17) is 16.6 Å². The molecule has 0 saturated carbocycles. The van der Waals surface area contributed by atoms with Crippen LogP contribution in [0.2, 0.25) is 5.02 Å². The highest BCUT2D eigenvalue weighted by Gasteiger charge is 2.19. The number of H-pyrrole nitrogens is 1. The topological polar surface area (TPSA) is 92.2 Å². The average Bonchev–Trinajstić information content (AvgIpc) is 3.16. The second-order valence-corrected chi connectivity index (χ2v) is 9.00. The van der Waals surface area contributed by atoms with E-state index in [-0.39, 0.29) is 17.5 Å². The van der Waals surface area contributed by atoms with Gasteiger partial charge in [-0.05, 0) is 74.8 Å². The number of carbonyl (C=O) groups excluding carboxylic acids is 1. The Labute approximate surface area is 208 Å². The van der Waals surface area contributed by atoms with Crippen molar-refractivity contribution in [3.8, 4) is 11.6 Å². The maximum atomic E-state index is 12.5. The molecule has 0 radical (unpaired) electrons. The van der Waals surface area contributed by atoms with E-state index in [9.17, 15) is 15.0 Å². The predicted octanol–water partition coefficient (Wildman–Crippen LogP) is 5.32. The third kappa shape index (κ3) is 5.48. The number of fused-ring (bicyclic) bond motifs is 1. The zero-order valence-electron chi connectivity index (χ0n) is 19.8. The summed E-state index contributed by atoms with van der Waals surface area (Å²) in [6, 6.07) is 19.3. The Kier molecular flexibility index (Phi) is 7.10. The van der Waals surface area contributed by atoms with E-state index in [0.29, 0.717) is 46.0 Å². The minimum Gasteiger partial charge on any atom is -0.508 e. The van der Waals surface area contributed by atoms with E-state index in [1.54, 1.807) is 48.3 Å². The average molecular weight is 491 g/mol. The molecular weight excluding hydrogens is 464 g/mol. The summed E-state index contributed by atoms with van der Waals surface area (Å²) in [5, 5.41) is 21.9. The van der Waals surface area contributed by atoms with Crippen molar-refractivity contribution in [1.82, 2.24) is 9.88 Å². The first kappa shape index (κ1) is 24.3. The van der Waals surface area contributed by atoms with Gasteiger partial charge in [-0.1, -0.05) is 17.7 Å². The summed E-state index contributed by atoms with van der Waals surface area (Å²) in [6.07, 6.45) is 0.429. The Balaban J connectivity index is 1.73. The van der Waals surface area contributed by atoms with Gasteiger partial charge in [0.2, 0.25) is 5.91 Å². The van der Waals surface area contributed by atoms with Crippen LogP contribution in [0.25, 0.3) is 10.9 Å². The van der Waals surface area contributed by atoms with Crippen molar-refractivity contribution < 1.29 is 15.0 Å². The van der Waals surface area contributed by atoms with Gasteiger partial charge in [0.25, 0.3) is 0 Å². The molecule has 7 nitrogen and oxygen atoms in total. The number of phenolic OH excluding ortho intramolecular Hbond substituents is 1. The summed E-state index contributed by atoms with van der Waals surface area (Å²) < 4.78 is 0. The van der Waals surface area contributed by atoms with E-state index in [1.165, 1.54) is 0 Å². The van der Waals surface area contributed by atoms with Crippen LogP contribution < -0.4 is 4.90 Å². The molecule has 0 fully saturated rings. The van der Waals surface area contributed by atoms with Crippen LogP contribution in [0.1, 0.15) is 17.5 Å². The maximum Gasteiger partial charge on any atom is 0.228 e. The number of aliphatic imine (C=N–C) groups is 1. The first-order valence-electron chi connectivity index (χ1n) is 11.1. The lowest BCUT2D eigenvalue weighted by atomic mass is 10.0. The highest BCUT2D eigenvalue weighted by Crippen LogP contribution is 2.33. The highest BCUT2D eigenvalue weighted by atomic mass is 35.5. The second-order valence-electron chi connectivity index (χ2n) is 8.57. The van der Waals surface area contributed by atoms with Gasteiger partial charge in [-0.2, -0.15) is 0 Å². The Morgan fingerprint density at radius 1 is 0.971 bits per heavy atom. The van der Waals surface area contributed by atoms with E-state index < -0.39 is 0 Å². The monoisotopic (exact) mass is 490 g/mol.